The van der Waals surface area contributed by atoms with Crippen molar-refractivity contribution in [3.05, 3.63) is 59.9 Å². The Bertz CT molecular complexity index is 1050. The molecule has 0 aromatic heterocycles. The minimum atomic E-state index is -0.628. The number of piperazine rings is 1. The molecule has 2 aliphatic rings. The van der Waals surface area contributed by atoms with Crippen molar-refractivity contribution in [3.8, 4) is 0 Å². The van der Waals surface area contributed by atoms with Crippen LogP contribution in [0.4, 0.5) is 25.4 Å². The smallest absolute Gasteiger partial charge is 0.411 e. The van der Waals surface area contributed by atoms with Crippen LogP contribution in [0.15, 0.2) is 48.5 Å². The molecule has 2 fully saturated rings. The lowest BCUT2D eigenvalue weighted by Gasteiger charge is -2.39. The van der Waals surface area contributed by atoms with Crippen molar-refractivity contribution in [2.24, 2.45) is 0 Å². The van der Waals surface area contributed by atoms with E-state index in [4.69, 9.17) is 9.47 Å². The molecule has 1 atom stereocenters. The van der Waals surface area contributed by atoms with Gasteiger partial charge in [0, 0.05) is 51.0 Å². The zero-order valence-corrected chi connectivity index (χ0v) is 21.2. The number of carbonyl (C=O) groups excluding carboxylic acids is 2. The van der Waals surface area contributed by atoms with Crippen LogP contribution in [-0.4, -0.2) is 72.9 Å². The molecule has 2 saturated heterocycles. The topological polar surface area (TPSA) is 74.4 Å². The first-order valence-corrected chi connectivity index (χ1v) is 12.4. The summed E-state index contributed by atoms with van der Waals surface area (Å²) < 4.78 is 25.6. The molecule has 194 valence electrons. The molecule has 2 heterocycles. The normalized spacial score (nSPS) is 18.7. The predicted octanol–water partition coefficient (Wildman–Crippen LogP) is 4.71. The number of halogens is 1. The fourth-order valence-electron chi connectivity index (χ4n) is 4.58. The van der Waals surface area contributed by atoms with Crippen LogP contribution in [0.25, 0.3) is 0 Å². The Morgan fingerprint density at radius 1 is 1.03 bits per heavy atom. The van der Waals surface area contributed by atoms with Crippen molar-refractivity contribution >= 4 is 23.6 Å². The third-order valence-corrected chi connectivity index (χ3v) is 6.39. The maximum atomic E-state index is 14.9. The second-order valence-electron chi connectivity index (χ2n) is 10.2. The molecule has 0 saturated carbocycles. The van der Waals surface area contributed by atoms with E-state index in [0.717, 1.165) is 25.1 Å². The van der Waals surface area contributed by atoms with Gasteiger partial charge in [0.15, 0.2) is 0 Å². The van der Waals surface area contributed by atoms with Crippen LogP contribution in [0.2, 0.25) is 0 Å². The van der Waals surface area contributed by atoms with Gasteiger partial charge in [-0.1, -0.05) is 30.3 Å². The summed E-state index contributed by atoms with van der Waals surface area (Å²) in [6, 6.07) is 14.4. The van der Waals surface area contributed by atoms with Crippen molar-refractivity contribution in [2.75, 3.05) is 49.5 Å². The van der Waals surface area contributed by atoms with Gasteiger partial charge in [-0.25, -0.2) is 14.0 Å². The standard InChI is InChI=1S/C27H35FN4O4/c1-27(2,3)36-26(34)32-12-11-22(18-32)30-13-15-31(16-14-30)24-10-9-21(17-23(24)28)29-25(33)35-19-20-7-5-4-6-8-20/h4-10,17,22H,11-16,18-19H2,1-3H3,(H,29,33)/t22-/m1/s1. The molecular formula is C27H35FN4O4. The van der Waals surface area contributed by atoms with Crippen molar-refractivity contribution in [3.63, 3.8) is 0 Å². The highest BCUT2D eigenvalue weighted by atomic mass is 19.1. The summed E-state index contributed by atoms with van der Waals surface area (Å²) in [7, 11) is 0. The molecule has 0 unspecified atom stereocenters. The second kappa shape index (κ2) is 11.2. The van der Waals surface area contributed by atoms with E-state index in [0.29, 0.717) is 37.6 Å². The molecule has 9 heteroatoms. The second-order valence-corrected chi connectivity index (χ2v) is 10.2. The first-order valence-electron chi connectivity index (χ1n) is 12.4. The molecule has 0 aliphatic carbocycles. The van der Waals surface area contributed by atoms with Crippen molar-refractivity contribution in [2.45, 2.75) is 45.4 Å². The summed E-state index contributed by atoms with van der Waals surface area (Å²) in [4.78, 5) is 30.6. The fraction of sp³-hybridized carbons (Fsp3) is 0.481. The highest BCUT2D eigenvalue weighted by Crippen LogP contribution is 2.26. The maximum Gasteiger partial charge on any atom is 0.411 e. The Labute approximate surface area is 211 Å². The molecular weight excluding hydrogens is 463 g/mol. The number of nitrogens with zero attached hydrogens (tertiary/aromatic N) is 3. The quantitative estimate of drug-likeness (QED) is 0.644. The summed E-state index contributed by atoms with van der Waals surface area (Å²) in [6.45, 7) is 10.1. The Morgan fingerprint density at radius 2 is 1.75 bits per heavy atom. The number of hydrogen-bond donors (Lipinski definition) is 1. The van der Waals surface area contributed by atoms with Gasteiger partial charge in [-0.15, -0.1) is 0 Å². The molecule has 1 N–H and O–H groups in total. The first-order chi connectivity index (χ1) is 17.2. The van der Waals surface area contributed by atoms with E-state index < -0.39 is 11.7 Å². The van der Waals surface area contributed by atoms with Gasteiger partial charge in [0.2, 0.25) is 0 Å². The molecule has 2 amide bonds. The van der Waals surface area contributed by atoms with Crippen LogP contribution < -0.4 is 10.2 Å². The number of rotatable bonds is 5. The van der Waals surface area contributed by atoms with Gasteiger partial charge in [0.1, 0.15) is 18.0 Å². The molecule has 0 bridgehead atoms. The number of nitrogens with one attached hydrogen (secondary N) is 1. The van der Waals surface area contributed by atoms with Gasteiger partial charge < -0.3 is 19.3 Å². The van der Waals surface area contributed by atoms with E-state index in [2.05, 4.69) is 10.2 Å². The Balaban J connectivity index is 1.24. The number of benzene rings is 2. The van der Waals surface area contributed by atoms with Gasteiger partial charge in [-0.3, -0.25) is 10.2 Å². The van der Waals surface area contributed by atoms with Gasteiger partial charge in [-0.2, -0.15) is 0 Å². The van der Waals surface area contributed by atoms with E-state index in [1.165, 1.54) is 6.07 Å². The molecule has 4 rings (SSSR count). The SMILES string of the molecule is CC(C)(C)OC(=O)N1CC[C@@H](N2CCN(c3ccc(NC(=O)OCc4ccccc4)cc3F)CC2)C1. The van der Waals surface area contributed by atoms with Gasteiger partial charge >= 0.3 is 12.2 Å². The zero-order chi connectivity index (χ0) is 25.7. The molecule has 8 nitrogen and oxygen atoms in total. The number of anilines is 2. The molecule has 2 aliphatic heterocycles. The number of amides is 2. The third kappa shape index (κ3) is 6.87. The summed E-state index contributed by atoms with van der Waals surface area (Å²) in [6.07, 6.45) is 0.0221. The van der Waals surface area contributed by atoms with E-state index in [1.54, 1.807) is 17.0 Å². The Kier molecular flexibility index (Phi) is 7.98. The van der Waals surface area contributed by atoms with Gasteiger partial charge in [0.05, 0.1) is 5.69 Å². The summed E-state index contributed by atoms with van der Waals surface area (Å²) in [5, 5.41) is 2.58. The van der Waals surface area contributed by atoms with E-state index in [-0.39, 0.29) is 24.6 Å². The average Bonchev–Trinajstić information content (AvgIpc) is 3.33. The minimum absolute atomic E-state index is 0.147. The number of carbonyl (C=O) groups is 2. The Morgan fingerprint density at radius 3 is 2.42 bits per heavy atom. The summed E-state index contributed by atoms with van der Waals surface area (Å²) in [5.74, 6) is -0.388. The lowest BCUT2D eigenvalue weighted by molar-refractivity contribution is 0.0279. The van der Waals surface area contributed by atoms with E-state index in [1.807, 2.05) is 56.0 Å². The monoisotopic (exact) mass is 498 g/mol. The van der Waals surface area contributed by atoms with E-state index >= 15 is 0 Å². The van der Waals surface area contributed by atoms with Crippen LogP contribution >= 0.6 is 0 Å². The highest BCUT2D eigenvalue weighted by Gasteiger charge is 2.34. The van der Waals surface area contributed by atoms with Crippen molar-refractivity contribution in [1.29, 1.82) is 0 Å². The Hall–Kier alpha value is -3.33. The lowest BCUT2D eigenvalue weighted by atomic mass is 10.1. The van der Waals surface area contributed by atoms with Crippen molar-refractivity contribution < 1.29 is 23.5 Å². The largest absolute Gasteiger partial charge is 0.444 e. The van der Waals surface area contributed by atoms with E-state index in [9.17, 15) is 14.0 Å². The predicted molar refractivity (Wildman–Crippen MR) is 137 cm³/mol. The minimum Gasteiger partial charge on any atom is -0.444 e. The van der Waals surface area contributed by atoms with Crippen LogP contribution in [0.3, 0.4) is 0 Å². The third-order valence-electron chi connectivity index (χ3n) is 6.39. The van der Waals surface area contributed by atoms with Crippen LogP contribution in [-0.2, 0) is 16.1 Å². The fourth-order valence-corrected chi connectivity index (χ4v) is 4.58. The maximum absolute atomic E-state index is 14.9. The molecule has 36 heavy (non-hydrogen) atoms. The lowest BCUT2D eigenvalue weighted by Crippen LogP contribution is -2.51. The number of hydrogen-bond acceptors (Lipinski definition) is 6. The average molecular weight is 499 g/mol. The zero-order valence-electron chi connectivity index (χ0n) is 21.2. The number of likely N-dealkylation sites (tertiary alicyclic amines) is 1. The van der Waals surface area contributed by atoms with Crippen LogP contribution in [0.1, 0.15) is 32.8 Å². The van der Waals surface area contributed by atoms with Gasteiger partial charge in [0.25, 0.3) is 0 Å². The number of ether oxygens (including phenoxy) is 2. The van der Waals surface area contributed by atoms with Crippen molar-refractivity contribution in [1.82, 2.24) is 9.80 Å². The summed E-state index contributed by atoms with van der Waals surface area (Å²) >= 11 is 0. The van der Waals surface area contributed by atoms with Crippen LogP contribution in [0.5, 0.6) is 0 Å². The first kappa shape index (κ1) is 25.8. The van der Waals surface area contributed by atoms with Crippen LogP contribution in [0, 0.1) is 5.82 Å². The summed E-state index contributed by atoms with van der Waals surface area (Å²) in [5.41, 5.74) is 1.24. The molecule has 0 radical (unpaired) electrons. The highest BCUT2D eigenvalue weighted by molar-refractivity contribution is 5.85. The molecule has 2 aromatic rings. The molecule has 2 aromatic carbocycles. The van der Waals surface area contributed by atoms with Gasteiger partial charge in [-0.05, 0) is 51.0 Å². The molecule has 0 spiro atoms.